The maximum Gasteiger partial charge on any atom is 0.312 e. The largest absolute Gasteiger partial charge is 0.481 e. The van der Waals surface area contributed by atoms with Crippen LogP contribution in [0.1, 0.15) is 32.6 Å². The van der Waals surface area contributed by atoms with Crippen LogP contribution in [0.4, 0.5) is 0 Å². The summed E-state index contributed by atoms with van der Waals surface area (Å²) < 4.78 is 5.69. The highest BCUT2D eigenvalue weighted by Gasteiger charge is 2.55. The zero-order valence-electron chi connectivity index (χ0n) is 9.78. The van der Waals surface area contributed by atoms with Gasteiger partial charge in [-0.2, -0.15) is 11.8 Å². The van der Waals surface area contributed by atoms with E-state index in [1.165, 1.54) is 0 Å². The molecule has 1 saturated carbocycles. The summed E-state index contributed by atoms with van der Waals surface area (Å²) in [6, 6.07) is 0. The third-order valence-corrected chi connectivity index (χ3v) is 4.66. The Morgan fingerprint density at radius 3 is 2.88 bits per heavy atom. The molecule has 1 aliphatic carbocycles. The average molecular weight is 244 g/mol. The molecular weight excluding hydrogens is 224 g/mol. The van der Waals surface area contributed by atoms with Crippen molar-refractivity contribution in [2.75, 3.05) is 18.1 Å². The number of carboxylic acid groups (broad SMARTS) is 1. The van der Waals surface area contributed by atoms with E-state index >= 15 is 0 Å². The van der Waals surface area contributed by atoms with Crippen molar-refractivity contribution in [1.29, 1.82) is 0 Å². The molecular formula is C12H20O3S. The van der Waals surface area contributed by atoms with Crippen LogP contribution in [-0.2, 0) is 9.53 Å². The van der Waals surface area contributed by atoms with E-state index in [0.717, 1.165) is 30.8 Å². The normalized spacial score (nSPS) is 34.2. The van der Waals surface area contributed by atoms with Crippen LogP contribution in [-0.4, -0.2) is 35.3 Å². The fourth-order valence-corrected chi connectivity index (χ4v) is 3.45. The Hall–Kier alpha value is -0.220. The van der Waals surface area contributed by atoms with Crippen molar-refractivity contribution >= 4 is 17.7 Å². The lowest BCUT2D eigenvalue weighted by Gasteiger charge is -2.29. The molecule has 2 rings (SSSR count). The molecule has 16 heavy (non-hydrogen) atoms. The summed E-state index contributed by atoms with van der Waals surface area (Å²) in [5, 5.41) is 9.52. The first-order valence-electron chi connectivity index (χ1n) is 6.13. The first-order chi connectivity index (χ1) is 7.70. The summed E-state index contributed by atoms with van der Waals surface area (Å²) in [7, 11) is 0. The molecule has 0 aromatic carbocycles. The Kier molecular flexibility index (Phi) is 3.80. The summed E-state index contributed by atoms with van der Waals surface area (Å²) in [5.74, 6) is 1.88. The number of ether oxygens (including phenoxy) is 1. The summed E-state index contributed by atoms with van der Waals surface area (Å²) in [6.45, 7) is 2.74. The standard InChI is InChI=1S/C12H20O3S/c1-2-16-8-6-12(11(13)14)5-7-15-10(12)9-3-4-9/h9-10H,2-8H2,1H3,(H,13,14). The second kappa shape index (κ2) is 4.96. The SMILES string of the molecule is CCSCCC1(C(=O)O)CCOC1C1CC1. The van der Waals surface area contributed by atoms with Crippen molar-refractivity contribution in [1.82, 2.24) is 0 Å². The Morgan fingerprint density at radius 1 is 1.56 bits per heavy atom. The zero-order chi connectivity index (χ0) is 11.6. The van der Waals surface area contributed by atoms with E-state index < -0.39 is 11.4 Å². The number of aliphatic carboxylic acids is 1. The van der Waals surface area contributed by atoms with Crippen LogP contribution in [0.3, 0.4) is 0 Å². The lowest BCUT2D eigenvalue weighted by Crippen LogP contribution is -2.40. The lowest BCUT2D eigenvalue weighted by molar-refractivity contribution is -0.153. The van der Waals surface area contributed by atoms with E-state index in [0.29, 0.717) is 18.9 Å². The van der Waals surface area contributed by atoms with Crippen LogP contribution < -0.4 is 0 Å². The first kappa shape index (κ1) is 12.2. The van der Waals surface area contributed by atoms with Gasteiger partial charge >= 0.3 is 5.97 Å². The van der Waals surface area contributed by atoms with Crippen molar-refractivity contribution in [3.8, 4) is 0 Å². The summed E-state index contributed by atoms with van der Waals surface area (Å²) in [6.07, 6.45) is 3.76. The number of hydrogen-bond acceptors (Lipinski definition) is 3. The molecule has 0 aromatic rings. The summed E-state index contributed by atoms with van der Waals surface area (Å²) in [4.78, 5) is 11.6. The van der Waals surface area contributed by atoms with Gasteiger partial charge in [-0.15, -0.1) is 0 Å². The molecule has 0 spiro atoms. The van der Waals surface area contributed by atoms with Crippen LogP contribution in [0.25, 0.3) is 0 Å². The van der Waals surface area contributed by atoms with E-state index in [2.05, 4.69) is 6.92 Å². The second-order valence-electron chi connectivity index (χ2n) is 4.79. The van der Waals surface area contributed by atoms with Crippen LogP contribution in [0, 0.1) is 11.3 Å². The van der Waals surface area contributed by atoms with Crippen molar-refractivity contribution in [3.05, 3.63) is 0 Å². The quantitative estimate of drug-likeness (QED) is 0.729. The molecule has 0 amide bonds. The van der Waals surface area contributed by atoms with Crippen LogP contribution >= 0.6 is 11.8 Å². The van der Waals surface area contributed by atoms with Gasteiger partial charge in [0, 0.05) is 6.61 Å². The van der Waals surface area contributed by atoms with E-state index in [1.54, 1.807) is 0 Å². The van der Waals surface area contributed by atoms with Gasteiger partial charge in [0.15, 0.2) is 0 Å². The minimum absolute atomic E-state index is 0.0116. The van der Waals surface area contributed by atoms with Crippen molar-refractivity contribution in [2.45, 2.75) is 38.7 Å². The monoisotopic (exact) mass is 244 g/mol. The first-order valence-corrected chi connectivity index (χ1v) is 7.29. The van der Waals surface area contributed by atoms with Gasteiger partial charge in [0.2, 0.25) is 0 Å². The highest BCUT2D eigenvalue weighted by atomic mass is 32.2. The van der Waals surface area contributed by atoms with Crippen LogP contribution in [0.15, 0.2) is 0 Å². The molecule has 0 radical (unpaired) electrons. The van der Waals surface area contributed by atoms with Crippen molar-refractivity contribution in [2.24, 2.45) is 11.3 Å². The molecule has 92 valence electrons. The highest BCUT2D eigenvalue weighted by molar-refractivity contribution is 7.99. The molecule has 0 bridgehead atoms. The molecule has 1 heterocycles. The maximum absolute atomic E-state index is 11.6. The van der Waals surface area contributed by atoms with Gasteiger partial charge in [-0.05, 0) is 43.1 Å². The smallest absolute Gasteiger partial charge is 0.312 e. The van der Waals surface area contributed by atoms with Gasteiger partial charge in [-0.3, -0.25) is 4.79 Å². The zero-order valence-corrected chi connectivity index (χ0v) is 10.6. The second-order valence-corrected chi connectivity index (χ2v) is 6.18. The molecule has 0 aromatic heterocycles. The third kappa shape index (κ3) is 2.23. The van der Waals surface area contributed by atoms with Crippen molar-refractivity contribution < 1.29 is 14.6 Å². The molecule has 4 heteroatoms. The van der Waals surface area contributed by atoms with Gasteiger partial charge < -0.3 is 9.84 Å². The lowest BCUT2D eigenvalue weighted by atomic mass is 9.76. The Bertz CT molecular complexity index is 265. The van der Waals surface area contributed by atoms with Gasteiger partial charge in [-0.1, -0.05) is 6.92 Å². The number of carbonyl (C=O) groups is 1. The van der Waals surface area contributed by atoms with Gasteiger partial charge in [0.25, 0.3) is 0 Å². The van der Waals surface area contributed by atoms with Gasteiger partial charge in [0.05, 0.1) is 11.5 Å². The fraction of sp³-hybridized carbons (Fsp3) is 0.917. The van der Waals surface area contributed by atoms with E-state index in [4.69, 9.17) is 4.74 Å². The molecule has 2 unspecified atom stereocenters. The van der Waals surface area contributed by atoms with Gasteiger partial charge in [0.1, 0.15) is 0 Å². The van der Waals surface area contributed by atoms with Gasteiger partial charge in [-0.25, -0.2) is 0 Å². The number of thioether (sulfide) groups is 1. The topological polar surface area (TPSA) is 46.5 Å². The molecule has 2 atom stereocenters. The maximum atomic E-state index is 11.6. The van der Waals surface area contributed by atoms with Crippen LogP contribution in [0.5, 0.6) is 0 Å². The average Bonchev–Trinajstić information content (AvgIpc) is 3.00. The third-order valence-electron chi connectivity index (χ3n) is 3.76. The Morgan fingerprint density at radius 2 is 2.31 bits per heavy atom. The molecule has 1 N–H and O–H groups in total. The Labute approximate surface area is 101 Å². The molecule has 1 aliphatic heterocycles. The minimum Gasteiger partial charge on any atom is -0.481 e. The Balaban J connectivity index is 2.04. The molecule has 1 saturated heterocycles. The highest BCUT2D eigenvalue weighted by Crippen LogP contribution is 2.50. The summed E-state index contributed by atoms with van der Waals surface area (Å²) in [5.41, 5.74) is -0.580. The summed E-state index contributed by atoms with van der Waals surface area (Å²) >= 11 is 1.83. The fourth-order valence-electron chi connectivity index (χ4n) is 2.66. The predicted molar refractivity (Wildman–Crippen MR) is 64.8 cm³/mol. The van der Waals surface area contributed by atoms with E-state index in [1.807, 2.05) is 11.8 Å². The number of carboxylic acids is 1. The molecule has 2 aliphatic rings. The van der Waals surface area contributed by atoms with Crippen LogP contribution in [0.2, 0.25) is 0 Å². The minimum atomic E-state index is -0.640. The number of hydrogen-bond donors (Lipinski definition) is 1. The van der Waals surface area contributed by atoms with Crippen molar-refractivity contribution in [3.63, 3.8) is 0 Å². The molecule has 2 fully saturated rings. The predicted octanol–water partition coefficient (Wildman–Crippen LogP) is 2.40. The number of rotatable bonds is 6. The van der Waals surface area contributed by atoms with E-state index in [9.17, 15) is 9.90 Å². The van der Waals surface area contributed by atoms with E-state index in [-0.39, 0.29) is 6.10 Å². The molecule has 3 nitrogen and oxygen atoms in total.